The number of nitrogens with zero attached hydrogens (tertiary/aromatic N) is 4. The summed E-state index contributed by atoms with van der Waals surface area (Å²) < 4.78 is 27.5. The van der Waals surface area contributed by atoms with E-state index in [4.69, 9.17) is 39.8 Å². The SMILES string of the molecule is Cc1nccc2nc(CCN3CCN(S(=O)(=O)c4c(Cl)cc(Cl)cc4Cl)CC3)ccc12. The fourth-order valence-electron chi connectivity index (χ4n) is 3.75. The average Bonchev–Trinajstić information content (AvgIpc) is 2.71. The second-order valence-electron chi connectivity index (χ2n) is 7.46. The zero-order valence-corrected chi connectivity index (χ0v) is 19.9. The Bertz CT molecular complexity index is 1210. The van der Waals surface area contributed by atoms with Gasteiger partial charge in [-0.25, -0.2) is 8.42 Å². The second-order valence-corrected chi connectivity index (χ2v) is 10.6. The van der Waals surface area contributed by atoms with E-state index in [2.05, 4.69) is 16.0 Å². The Hall–Kier alpha value is -1.48. The maximum atomic E-state index is 13.1. The molecule has 0 aliphatic carbocycles. The van der Waals surface area contributed by atoms with Crippen molar-refractivity contribution in [3.63, 3.8) is 0 Å². The van der Waals surface area contributed by atoms with E-state index in [1.54, 1.807) is 6.20 Å². The number of benzene rings is 1. The topological polar surface area (TPSA) is 66.4 Å². The third kappa shape index (κ3) is 4.82. The van der Waals surface area contributed by atoms with Crippen LogP contribution in [0.2, 0.25) is 15.1 Å². The van der Waals surface area contributed by atoms with Crippen molar-refractivity contribution in [1.82, 2.24) is 19.2 Å². The van der Waals surface area contributed by atoms with E-state index in [0.29, 0.717) is 31.2 Å². The molecule has 10 heteroatoms. The van der Waals surface area contributed by atoms with Crippen molar-refractivity contribution >= 4 is 55.7 Å². The van der Waals surface area contributed by atoms with E-state index in [1.165, 1.54) is 16.4 Å². The van der Waals surface area contributed by atoms with Gasteiger partial charge in [-0.2, -0.15) is 4.31 Å². The maximum absolute atomic E-state index is 13.1. The minimum atomic E-state index is -3.79. The first-order valence-electron chi connectivity index (χ1n) is 9.84. The fourth-order valence-corrected chi connectivity index (χ4v) is 6.66. The summed E-state index contributed by atoms with van der Waals surface area (Å²) in [6, 6.07) is 8.80. The Kier molecular flexibility index (Phi) is 6.72. The van der Waals surface area contributed by atoms with Gasteiger partial charge in [0.05, 0.1) is 15.6 Å². The second kappa shape index (κ2) is 9.17. The van der Waals surface area contributed by atoms with Crippen molar-refractivity contribution in [2.24, 2.45) is 0 Å². The first-order valence-corrected chi connectivity index (χ1v) is 12.4. The van der Waals surface area contributed by atoms with Crippen LogP contribution in [0.25, 0.3) is 10.9 Å². The standard InChI is InChI=1S/C21H21Cl3N4O2S/c1-14-17-3-2-16(26-20(17)4-6-25-14)5-7-27-8-10-28(11-9-27)31(29,30)21-18(23)12-15(22)13-19(21)24/h2-4,6,12-13H,5,7-11H2,1H3. The van der Waals surface area contributed by atoms with Crippen LogP contribution in [0.15, 0.2) is 41.4 Å². The molecule has 1 saturated heterocycles. The van der Waals surface area contributed by atoms with Crippen LogP contribution in [0.3, 0.4) is 0 Å². The van der Waals surface area contributed by atoms with Crippen LogP contribution in [-0.4, -0.2) is 60.3 Å². The highest BCUT2D eigenvalue weighted by Crippen LogP contribution is 2.34. The number of halogens is 3. The normalized spacial score (nSPS) is 16.1. The fraction of sp³-hybridized carbons (Fsp3) is 0.333. The van der Waals surface area contributed by atoms with E-state index in [-0.39, 0.29) is 14.9 Å². The Morgan fingerprint density at radius 2 is 1.68 bits per heavy atom. The van der Waals surface area contributed by atoms with Crippen LogP contribution in [0.1, 0.15) is 11.4 Å². The Balaban J connectivity index is 1.39. The lowest BCUT2D eigenvalue weighted by atomic mass is 10.1. The van der Waals surface area contributed by atoms with Crippen molar-refractivity contribution in [3.8, 4) is 0 Å². The van der Waals surface area contributed by atoms with Gasteiger partial charge in [0.2, 0.25) is 10.0 Å². The van der Waals surface area contributed by atoms with Crippen LogP contribution >= 0.6 is 34.8 Å². The van der Waals surface area contributed by atoms with Gasteiger partial charge in [0.25, 0.3) is 0 Å². The minimum absolute atomic E-state index is 0.0349. The largest absolute Gasteiger partial charge is 0.300 e. The highest BCUT2D eigenvalue weighted by Gasteiger charge is 2.32. The number of sulfonamides is 1. The molecule has 0 N–H and O–H groups in total. The molecule has 0 atom stereocenters. The van der Waals surface area contributed by atoms with E-state index < -0.39 is 10.0 Å². The quantitative estimate of drug-likeness (QED) is 0.519. The predicted molar refractivity (Wildman–Crippen MR) is 125 cm³/mol. The number of aryl methyl sites for hydroxylation is 1. The molecule has 0 unspecified atom stereocenters. The van der Waals surface area contributed by atoms with E-state index >= 15 is 0 Å². The van der Waals surface area contributed by atoms with Crippen LogP contribution < -0.4 is 0 Å². The van der Waals surface area contributed by atoms with E-state index in [1.807, 2.05) is 19.1 Å². The molecule has 0 spiro atoms. The summed E-state index contributed by atoms with van der Waals surface area (Å²) in [6.45, 7) is 4.76. The monoisotopic (exact) mass is 498 g/mol. The Morgan fingerprint density at radius 1 is 1.00 bits per heavy atom. The van der Waals surface area contributed by atoms with Gasteiger partial charge in [0, 0.05) is 67.1 Å². The Morgan fingerprint density at radius 3 is 2.35 bits per heavy atom. The molecular formula is C21H21Cl3N4O2S. The summed E-state index contributed by atoms with van der Waals surface area (Å²) in [5.41, 5.74) is 2.92. The number of hydrogen-bond donors (Lipinski definition) is 0. The van der Waals surface area contributed by atoms with Crippen molar-refractivity contribution in [2.45, 2.75) is 18.2 Å². The summed E-state index contributed by atoms with van der Waals surface area (Å²) in [6.07, 6.45) is 2.56. The highest BCUT2D eigenvalue weighted by atomic mass is 35.5. The van der Waals surface area contributed by atoms with Gasteiger partial charge in [-0.05, 0) is 37.3 Å². The van der Waals surface area contributed by atoms with Gasteiger partial charge >= 0.3 is 0 Å². The van der Waals surface area contributed by atoms with Crippen LogP contribution in [-0.2, 0) is 16.4 Å². The van der Waals surface area contributed by atoms with Crippen LogP contribution in [0.5, 0.6) is 0 Å². The van der Waals surface area contributed by atoms with Crippen molar-refractivity contribution in [2.75, 3.05) is 32.7 Å². The smallest absolute Gasteiger partial charge is 0.246 e. The number of pyridine rings is 2. The number of hydrogen-bond acceptors (Lipinski definition) is 5. The molecule has 31 heavy (non-hydrogen) atoms. The summed E-state index contributed by atoms with van der Waals surface area (Å²) >= 11 is 18.2. The van der Waals surface area contributed by atoms with Gasteiger partial charge in [-0.3, -0.25) is 9.97 Å². The van der Waals surface area contributed by atoms with Gasteiger partial charge in [-0.15, -0.1) is 0 Å². The average molecular weight is 500 g/mol. The number of aromatic nitrogens is 2. The third-order valence-electron chi connectivity index (χ3n) is 5.45. The molecule has 0 amide bonds. The Labute approximate surface area is 196 Å². The number of fused-ring (bicyclic) bond motifs is 1. The molecule has 0 saturated carbocycles. The van der Waals surface area contributed by atoms with E-state index in [0.717, 1.165) is 35.3 Å². The molecule has 4 rings (SSSR count). The molecular weight excluding hydrogens is 479 g/mol. The molecule has 1 aliphatic rings. The van der Waals surface area contributed by atoms with Gasteiger partial charge in [-0.1, -0.05) is 34.8 Å². The van der Waals surface area contributed by atoms with Gasteiger partial charge in [0.1, 0.15) is 4.90 Å². The molecule has 1 fully saturated rings. The predicted octanol–water partition coefficient (Wildman–Crippen LogP) is 4.45. The minimum Gasteiger partial charge on any atom is -0.300 e. The zero-order chi connectivity index (χ0) is 22.2. The molecule has 0 bridgehead atoms. The van der Waals surface area contributed by atoms with Gasteiger partial charge < -0.3 is 4.90 Å². The molecule has 3 heterocycles. The summed E-state index contributed by atoms with van der Waals surface area (Å²) in [7, 11) is -3.79. The molecule has 0 radical (unpaired) electrons. The van der Waals surface area contributed by atoms with Crippen LogP contribution in [0.4, 0.5) is 0 Å². The molecule has 2 aromatic heterocycles. The van der Waals surface area contributed by atoms with Crippen LogP contribution in [0, 0.1) is 6.92 Å². The highest BCUT2D eigenvalue weighted by molar-refractivity contribution is 7.89. The molecule has 1 aromatic carbocycles. The summed E-state index contributed by atoms with van der Waals surface area (Å²) in [5.74, 6) is 0. The van der Waals surface area contributed by atoms with E-state index in [9.17, 15) is 8.42 Å². The van der Waals surface area contributed by atoms with Crippen molar-refractivity contribution in [1.29, 1.82) is 0 Å². The lowest BCUT2D eigenvalue weighted by molar-refractivity contribution is 0.190. The van der Waals surface area contributed by atoms with Gasteiger partial charge in [0.15, 0.2) is 0 Å². The van der Waals surface area contributed by atoms with Crippen molar-refractivity contribution < 1.29 is 8.42 Å². The molecule has 3 aromatic rings. The maximum Gasteiger partial charge on any atom is 0.246 e. The number of piperazine rings is 1. The lowest BCUT2D eigenvalue weighted by Gasteiger charge is -2.34. The zero-order valence-electron chi connectivity index (χ0n) is 16.9. The molecule has 1 aliphatic heterocycles. The van der Waals surface area contributed by atoms with Crippen molar-refractivity contribution in [3.05, 3.63) is 63.0 Å². The molecule has 164 valence electrons. The number of rotatable bonds is 5. The summed E-state index contributed by atoms with van der Waals surface area (Å²) in [4.78, 5) is 11.2. The third-order valence-corrected chi connectivity index (χ3v) is 8.49. The summed E-state index contributed by atoms with van der Waals surface area (Å²) in [5, 5.41) is 1.43. The lowest BCUT2D eigenvalue weighted by Crippen LogP contribution is -2.49. The first kappa shape index (κ1) is 22.7. The first-order chi connectivity index (χ1) is 14.8. The molecule has 6 nitrogen and oxygen atoms in total.